The maximum absolute atomic E-state index is 10.9. The third-order valence-electron chi connectivity index (χ3n) is 1.23. The summed E-state index contributed by atoms with van der Waals surface area (Å²) in [5, 5.41) is 19.4. The molecule has 0 rings (SSSR count). The zero-order valence-electron chi connectivity index (χ0n) is 7.57. The van der Waals surface area contributed by atoms with Gasteiger partial charge in [-0.05, 0) is 13.8 Å². The van der Waals surface area contributed by atoms with Crippen LogP contribution < -0.4 is 5.32 Å². The van der Waals surface area contributed by atoms with Crippen LogP contribution in [0.3, 0.4) is 0 Å². The second kappa shape index (κ2) is 4.61. The van der Waals surface area contributed by atoms with Gasteiger partial charge in [0.2, 0.25) is 5.91 Å². The molecule has 13 heavy (non-hydrogen) atoms. The number of carbonyl (C=O) groups excluding carboxylic acids is 1. The maximum Gasteiger partial charge on any atom is 0.328 e. The summed E-state index contributed by atoms with van der Waals surface area (Å²) in [5.74, 6) is -1.72. The highest BCUT2D eigenvalue weighted by Gasteiger charge is 2.17. The molecule has 0 fully saturated rings. The fourth-order valence-electron chi connectivity index (χ4n) is 0.562. The van der Waals surface area contributed by atoms with Crippen LogP contribution in [0.25, 0.3) is 0 Å². The first-order chi connectivity index (χ1) is 5.87. The van der Waals surface area contributed by atoms with Gasteiger partial charge in [0.15, 0.2) is 0 Å². The molecule has 0 bridgehead atoms. The van der Waals surface area contributed by atoms with E-state index in [4.69, 9.17) is 10.2 Å². The Morgan fingerprint density at radius 2 is 1.92 bits per heavy atom. The van der Waals surface area contributed by atoms with E-state index in [1.54, 1.807) is 13.8 Å². The van der Waals surface area contributed by atoms with E-state index in [2.05, 4.69) is 5.32 Å². The second-order valence-corrected chi connectivity index (χ2v) is 3.20. The van der Waals surface area contributed by atoms with Gasteiger partial charge in [0.25, 0.3) is 0 Å². The Labute approximate surface area is 76.1 Å². The summed E-state index contributed by atoms with van der Waals surface area (Å²) in [6.45, 7) is 3.04. The third-order valence-corrected chi connectivity index (χ3v) is 1.23. The number of carboxylic acids is 1. The Morgan fingerprint density at radius 3 is 2.31 bits per heavy atom. The van der Waals surface area contributed by atoms with Gasteiger partial charge >= 0.3 is 5.97 Å². The number of aliphatic carboxylic acids is 1. The molecule has 0 aromatic carbocycles. The molecule has 0 spiro atoms. The molecule has 0 saturated heterocycles. The Hall–Kier alpha value is -1.36. The summed E-state index contributed by atoms with van der Waals surface area (Å²) >= 11 is 0. The fourth-order valence-corrected chi connectivity index (χ4v) is 0.562. The monoisotopic (exact) mass is 187 g/mol. The van der Waals surface area contributed by atoms with Gasteiger partial charge in [0, 0.05) is 12.2 Å². The molecular formula is C8H13NO4. The van der Waals surface area contributed by atoms with Crippen molar-refractivity contribution in [3.8, 4) is 0 Å². The number of hydrogen-bond donors (Lipinski definition) is 3. The molecule has 0 heterocycles. The zero-order chi connectivity index (χ0) is 10.5. The number of aliphatic hydroxyl groups is 1. The lowest BCUT2D eigenvalue weighted by molar-refractivity contribution is -0.131. The number of aliphatic hydroxyl groups excluding tert-OH is 1. The molecule has 3 N–H and O–H groups in total. The van der Waals surface area contributed by atoms with Crippen LogP contribution in [0.4, 0.5) is 0 Å². The standard InChI is InChI=1S/C8H13NO4/c1-8(2,5-10)9-6(11)3-4-7(12)13/h3-4,10H,5H2,1-2H3,(H,9,11)(H,12,13)/b4-3+. The van der Waals surface area contributed by atoms with Gasteiger partial charge in [-0.1, -0.05) is 0 Å². The minimum Gasteiger partial charge on any atom is -0.478 e. The number of carboxylic acid groups (broad SMARTS) is 1. The van der Waals surface area contributed by atoms with Crippen molar-refractivity contribution >= 4 is 11.9 Å². The minimum atomic E-state index is -1.18. The van der Waals surface area contributed by atoms with Crippen molar-refractivity contribution in [2.24, 2.45) is 0 Å². The molecule has 0 aliphatic carbocycles. The van der Waals surface area contributed by atoms with Crippen molar-refractivity contribution in [3.05, 3.63) is 12.2 Å². The van der Waals surface area contributed by atoms with Gasteiger partial charge < -0.3 is 15.5 Å². The van der Waals surface area contributed by atoms with Crippen LogP contribution in [0.15, 0.2) is 12.2 Å². The topological polar surface area (TPSA) is 86.6 Å². The van der Waals surface area contributed by atoms with E-state index in [0.717, 1.165) is 12.2 Å². The molecule has 5 heteroatoms. The van der Waals surface area contributed by atoms with Crippen LogP contribution >= 0.6 is 0 Å². The predicted molar refractivity (Wildman–Crippen MR) is 46.1 cm³/mol. The molecule has 5 nitrogen and oxygen atoms in total. The Kier molecular flexibility index (Phi) is 4.13. The highest BCUT2D eigenvalue weighted by Crippen LogP contribution is 1.98. The van der Waals surface area contributed by atoms with Crippen molar-refractivity contribution in [3.63, 3.8) is 0 Å². The van der Waals surface area contributed by atoms with Gasteiger partial charge in [-0.15, -0.1) is 0 Å². The van der Waals surface area contributed by atoms with Gasteiger partial charge in [-0.25, -0.2) is 4.79 Å². The maximum atomic E-state index is 10.9. The molecule has 0 aliphatic heterocycles. The predicted octanol–water partition coefficient (Wildman–Crippen LogP) is -0.486. The number of nitrogens with one attached hydrogen (secondary N) is 1. The van der Waals surface area contributed by atoms with Crippen molar-refractivity contribution in [1.29, 1.82) is 0 Å². The van der Waals surface area contributed by atoms with E-state index in [-0.39, 0.29) is 6.61 Å². The highest BCUT2D eigenvalue weighted by molar-refractivity contribution is 5.94. The van der Waals surface area contributed by atoms with Crippen molar-refractivity contribution in [2.75, 3.05) is 6.61 Å². The lowest BCUT2D eigenvalue weighted by Gasteiger charge is -2.22. The second-order valence-electron chi connectivity index (χ2n) is 3.20. The Bertz CT molecular complexity index is 232. The first-order valence-corrected chi connectivity index (χ1v) is 3.71. The number of carbonyl (C=O) groups is 2. The Balaban J connectivity index is 4.09. The quantitative estimate of drug-likeness (QED) is 0.518. The molecule has 0 radical (unpaired) electrons. The fraction of sp³-hybridized carbons (Fsp3) is 0.500. The van der Waals surface area contributed by atoms with Gasteiger partial charge in [-0.3, -0.25) is 4.79 Å². The zero-order valence-corrected chi connectivity index (χ0v) is 7.57. The molecular weight excluding hydrogens is 174 g/mol. The summed E-state index contributed by atoms with van der Waals surface area (Å²) in [7, 11) is 0. The van der Waals surface area contributed by atoms with Crippen molar-refractivity contribution < 1.29 is 19.8 Å². The van der Waals surface area contributed by atoms with Gasteiger partial charge in [-0.2, -0.15) is 0 Å². The largest absolute Gasteiger partial charge is 0.478 e. The third kappa shape index (κ3) is 5.86. The van der Waals surface area contributed by atoms with Crippen LogP contribution in [0.1, 0.15) is 13.8 Å². The van der Waals surface area contributed by atoms with Gasteiger partial charge in [0.05, 0.1) is 12.1 Å². The molecule has 0 unspecified atom stereocenters. The summed E-state index contributed by atoms with van der Waals surface area (Å²) in [5.41, 5.74) is -0.736. The SMILES string of the molecule is CC(C)(CO)NC(=O)/C=C/C(=O)O. The molecule has 0 aromatic heterocycles. The van der Waals surface area contributed by atoms with Crippen LogP contribution in [0.2, 0.25) is 0 Å². The molecule has 0 aliphatic rings. The summed E-state index contributed by atoms with van der Waals surface area (Å²) in [6.07, 6.45) is 1.64. The van der Waals surface area contributed by atoms with E-state index in [0.29, 0.717) is 0 Å². The van der Waals surface area contributed by atoms with E-state index in [9.17, 15) is 9.59 Å². The van der Waals surface area contributed by atoms with Gasteiger partial charge in [0.1, 0.15) is 0 Å². The molecule has 0 atom stereocenters. The summed E-state index contributed by atoms with van der Waals surface area (Å²) in [6, 6.07) is 0. The van der Waals surface area contributed by atoms with E-state index in [1.807, 2.05) is 0 Å². The average molecular weight is 187 g/mol. The highest BCUT2D eigenvalue weighted by atomic mass is 16.4. The first kappa shape index (κ1) is 11.6. The van der Waals surface area contributed by atoms with Crippen LogP contribution in [-0.2, 0) is 9.59 Å². The molecule has 0 saturated carbocycles. The van der Waals surface area contributed by atoms with Crippen molar-refractivity contribution in [1.82, 2.24) is 5.32 Å². The normalized spacial score (nSPS) is 11.6. The summed E-state index contributed by atoms with van der Waals surface area (Å²) < 4.78 is 0. The lowest BCUT2D eigenvalue weighted by atomic mass is 10.1. The number of hydrogen-bond acceptors (Lipinski definition) is 3. The summed E-state index contributed by atoms with van der Waals surface area (Å²) in [4.78, 5) is 21.0. The van der Waals surface area contributed by atoms with Crippen LogP contribution in [0, 0.1) is 0 Å². The smallest absolute Gasteiger partial charge is 0.328 e. The molecule has 1 amide bonds. The average Bonchev–Trinajstić information content (AvgIpc) is 2.00. The van der Waals surface area contributed by atoms with Crippen molar-refractivity contribution in [2.45, 2.75) is 19.4 Å². The van der Waals surface area contributed by atoms with E-state index < -0.39 is 17.4 Å². The number of rotatable bonds is 4. The van der Waals surface area contributed by atoms with Crippen LogP contribution in [0.5, 0.6) is 0 Å². The first-order valence-electron chi connectivity index (χ1n) is 3.71. The number of amides is 1. The van der Waals surface area contributed by atoms with E-state index >= 15 is 0 Å². The minimum absolute atomic E-state index is 0.209. The van der Waals surface area contributed by atoms with E-state index in [1.165, 1.54) is 0 Å². The lowest BCUT2D eigenvalue weighted by Crippen LogP contribution is -2.45. The molecule has 74 valence electrons. The molecule has 0 aromatic rings. The Morgan fingerprint density at radius 1 is 1.38 bits per heavy atom. The van der Waals surface area contributed by atoms with Crippen LogP contribution in [-0.4, -0.2) is 34.2 Å².